The molecule has 4 nitrogen and oxygen atoms in total. The van der Waals surface area contributed by atoms with Crippen molar-refractivity contribution in [3.63, 3.8) is 0 Å². The van der Waals surface area contributed by atoms with E-state index in [1.807, 2.05) is 24.3 Å². The summed E-state index contributed by atoms with van der Waals surface area (Å²) in [5.74, 6) is -0.290. The van der Waals surface area contributed by atoms with E-state index in [-0.39, 0.29) is 17.8 Å². The van der Waals surface area contributed by atoms with Crippen molar-refractivity contribution in [1.29, 1.82) is 0 Å². The first kappa shape index (κ1) is 17.6. The second-order valence-corrected chi connectivity index (χ2v) is 6.79. The summed E-state index contributed by atoms with van der Waals surface area (Å²) >= 11 is 0. The highest BCUT2D eigenvalue weighted by Crippen LogP contribution is 2.33. The lowest BCUT2D eigenvalue weighted by Crippen LogP contribution is -2.25. The van der Waals surface area contributed by atoms with E-state index in [2.05, 4.69) is 4.90 Å². The summed E-state index contributed by atoms with van der Waals surface area (Å²) in [4.78, 5) is 15.9. The zero-order valence-corrected chi connectivity index (χ0v) is 14.5. The number of benzene rings is 2. The summed E-state index contributed by atoms with van der Waals surface area (Å²) in [6, 6.07) is 14.1. The molecule has 3 rings (SSSR count). The van der Waals surface area contributed by atoms with Crippen molar-refractivity contribution in [3.05, 3.63) is 71.0 Å². The van der Waals surface area contributed by atoms with Crippen molar-refractivity contribution >= 4 is 5.91 Å². The van der Waals surface area contributed by atoms with Gasteiger partial charge < -0.3 is 10.0 Å². The number of hydrogen-bond acceptors (Lipinski definition) is 3. The Kier molecular flexibility index (Phi) is 5.16. The van der Waals surface area contributed by atoms with Crippen LogP contribution in [0.2, 0.25) is 0 Å². The third-order valence-corrected chi connectivity index (χ3v) is 4.60. The Morgan fingerprint density at radius 1 is 1.24 bits per heavy atom. The van der Waals surface area contributed by atoms with Gasteiger partial charge in [0.05, 0.1) is 6.10 Å². The second kappa shape index (κ2) is 7.33. The smallest absolute Gasteiger partial charge is 0.253 e. The van der Waals surface area contributed by atoms with Gasteiger partial charge in [-0.15, -0.1) is 0 Å². The van der Waals surface area contributed by atoms with E-state index in [1.165, 1.54) is 12.1 Å². The SMILES string of the molecule is CN(C)C(=O)c1cccc(CN2C[C@H](O)C[C@@H]2c2ccc(F)cc2)c1. The molecule has 2 aromatic carbocycles. The number of amides is 1. The summed E-state index contributed by atoms with van der Waals surface area (Å²) in [6.45, 7) is 1.20. The average molecular weight is 342 g/mol. The van der Waals surface area contributed by atoms with Crippen LogP contribution in [-0.4, -0.2) is 47.6 Å². The van der Waals surface area contributed by atoms with Crippen LogP contribution in [0.25, 0.3) is 0 Å². The maximum absolute atomic E-state index is 13.2. The van der Waals surface area contributed by atoms with Crippen molar-refractivity contribution in [2.24, 2.45) is 0 Å². The fourth-order valence-corrected chi connectivity index (χ4v) is 3.38. The quantitative estimate of drug-likeness (QED) is 0.929. The largest absolute Gasteiger partial charge is 0.392 e. The van der Waals surface area contributed by atoms with Gasteiger partial charge in [-0.1, -0.05) is 24.3 Å². The summed E-state index contributed by atoms with van der Waals surface area (Å²) in [7, 11) is 3.47. The van der Waals surface area contributed by atoms with Crippen LogP contribution >= 0.6 is 0 Å². The number of likely N-dealkylation sites (tertiary alicyclic amines) is 1. The molecular formula is C20H23FN2O2. The minimum Gasteiger partial charge on any atom is -0.392 e. The van der Waals surface area contributed by atoms with E-state index in [9.17, 15) is 14.3 Å². The van der Waals surface area contributed by atoms with E-state index in [0.717, 1.165) is 11.1 Å². The van der Waals surface area contributed by atoms with Crippen LogP contribution in [0.5, 0.6) is 0 Å². The molecule has 1 N–H and O–H groups in total. The average Bonchev–Trinajstić information content (AvgIpc) is 2.95. The molecule has 0 radical (unpaired) electrons. The topological polar surface area (TPSA) is 43.8 Å². The summed E-state index contributed by atoms with van der Waals surface area (Å²) in [6.07, 6.45) is 0.226. The number of aliphatic hydroxyl groups is 1. The molecule has 0 unspecified atom stereocenters. The van der Waals surface area contributed by atoms with Gasteiger partial charge in [-0.05, 0) is 41.8 Å². The summed E-state index contributed by atoms with van der Waals surface area (Å²) in [5.41, 5.74) is 2.67. The van der Waals surface area contributed by atoms with E-state index in [0.29, 0.717) is 25.1 Å². The predicted molar refractivity (Wildman–Crippen MR) is 94.6 cm³/mol. The number of aliphatic hydroxyl groups excluding tert-OH is 1. The van der Waals surface area contributed by atoms with Crippen LogP contribution in [0.15, 0.2) is 48.5 Å². The first-order valence-corrected chi connectivity index (χ1v) is 8.42. The van der Waals surface area contributed by atoms with Gasteiger partial charge in [0, 0.05) is 38.8 Å². The molecule has 1 heterocycles. The Morgan fingerprint density at radius 3 is 2.64 bits per heavy atom. The minimum atomic E-state index is -0.401. The lowest BCUT2D eigenvalue weighted by atomic mass is 10.0. The first-order valence-electron chi connectivity index (χ1n) is 8.42. The van der Waals surface area contributed by atoms with Crippen LogP contribution in [0.3, 0.4) is 0 Å². The molecule has 0 bridgehead atoms. The monoisotopic (exact) mass is 342 g/mol. The lowest BCUT2D eigenvalue weighted by molar-refractivity contribution is 0.0827. The molecule has 2 aromatic rings. The molecule has 0 aliphatic carbocycles. The molecule has 0 saturated carbocycles. The summed E-state index contributed by atoms with van der Waals surface area (Å²) < 4.78 is 13.2. The van der Waals surface area contributed by atoms with Crippen molar-refractivity contribution in [3.8, 4) is 0 Å². The summed E-state index contributed by atoms with van der Waals surface area (Å²) in [5, 5.41) is 10.1. The molecule has 0 spiro atoms. The van der Waals surface area contributed by atoms with Crippen LogP contribution in [0.4, 0.5) is 4.39 Å². The Balaban J connectivity index is 1.80. The Bertz CT molecular complexity index is 746. The molecule has 132 valence electrons. The van der Waals surface area contributed by atoms with Crippen LogP contribution in [0, 0.1) is 5.82 Å². The van der Waals surface area contributed by atoms with Gasteiger partial charge in [0.1, 0.15) is 5.82 Å². The number of rotatable bonds is 4. The van der Waals surface area contributed by atoms with Crippen molar-refractivity contribution < 1.29 is 14.3 Å². The molecule has 1 aliphatic heterocycles. The van der Waals surface area contributed by atoms with Gasteiger partial charge >= 0.3 is 0 Å². The second-order valence-electron chi connectivity index (χ2n) is 6.79. The lowest BCUT2D eigenvalue weighted by Gasteiger charge is -2.25. The van der Waals surface area contributed by atoms with Crippen LogP contribution in [-0.2, 0) is 6.54 Å². The third kappa shape index (κ3) is 4.06. The molecular weight excluding hydrogens is 319 g/mol. The van der Waals surface area contributed by atoms with E-state index in [4.69, 9.17) is 0 Å². The number of hydrogen-bond donors (Lipinski definition) is 1. The molecule has 2 atom stereocenters. The fourth-order valence-electron chi connectivity index (χ4n) is 3.38. The number of β-amino-alcohol motifs (C(OH)–C–C–N with tert-alkyl or cyclic N) is 1. The molecule has 5 heteroatoms. The highest BCUT2D eigenvalue weighted by Gasteiger charge is 2.32. The Morgan fingerprint density at radius 2 is 1.96 bits per heavy atom. The van der Waals surface area contributed by atoms with Gasteiger partial charge in [0.25, 0.3) is 5.91 Å². The highest BCUT2D eigenvalue weighted by atomic mass is 19.1. The van der Waals surface area contributed by atoms with Crippen LogP contribution < -0.4 is 0 Å². The normalized spacial score (nSPS) is 20.6. The van der Waals surface area contributed by atoms with Gasteiger partial charge in [-0.2, -0.15) is 0 Å². The van der Waals surface area contributed by atoms with E-state index >= 15 is 0 Å². The van der Waals surface area contributed by atoms with Crippen molar-refractivity contribution in [2.45, 2.75) is 25.1 Å². The molecule has 0 aromatic heterocycles. The van der Waals surface area contributed by atoms with Crippen LogP contribution in [0.1, 0.15) is 33.9 Å². The highest BCUT2D eigenvalue weighted by molar-refractivity contribution is 5.94. The number of nitrogens with zero attached hydrogens (tertiary/aromatic N) is 2. The predicted octanol–water partition coefficient (Wildman–Crippen LogP) is 2.84. The van der Waals surface area contributed by atoms with Gasteiger partial charge in [0.2, 0.25) is 0 Å². The molecule has 1 saturated heterocycles. The molecule has 1 aliphatic rings. The Hall–Kier alpha value is -2.24. The Labute approximate surface area is 147 Å². The third-order valence-electron chi connectivity index (χ3n) is 4.60. The van der Waals surface area contributed by atoms with Gasteiger partial charge in [0.15, 0.2) is 0 Å². The van der Waals surface area contributed by atoms with Gasteiger partial charge in [-0.3, -0.25) is 9.69 Å². The van der Waals surface area contributed by atoms with E-state index in [1.54, 1.807) is 31.1 Å². The maximum atomic E-state index is 13.2. The fraction of sp³-hybridized carbons (Fsp3) is 0.350. The standard InChI is InChI=1S/C20H23FN2O2/c1-22(2)20(25)16-5-3-4-14(10-16)12-23-13-18(24)11-19(23)15-6-8-17(21)9-7-15/h3-10,18-19,24H,11-13H2,1-2H3/t18-,19-/m1/s1. The minimum absolute atomic E-state index is 0.0293. The molecule has 1 fully saturated rings. The van der Waals surface area contributed by atoms with Crippen molar-refractivity contribution in [1.82, 2.24) is 9.80 Å². The zero-order valence-electron chi connectivity index (χ0n) is 14.5. The first-order chi connectivity index (χ1) is 11.9. The van der Waals surface area contributed by atoms with Gasteiger partial charge in [-0.25, -0.2) is 4.39 Å². The van der Waals surface area contributed by atoms with Crippen molar-refractivity contribution in [2.75, 3.05) is 20.6 Å². The number of halogens is 1. The molecule has 25 heavy (non-hydrogen) atoms. The molecule has 1 amide bonds. The number of carbonyl (C=O) groups is 1. The van der Waals surface area contributed by atoms with E-state index < -0.39 is 6.10 Å². The maximum Gasteiger partial charge on any atom is 0.253 e. The zero-order chi connectivity index (χ0) is 18.0. The number of carbonyl (C=O) groups excluding carboxylic acids is 1.